The summed E-state index contributed by atoms with van der Waals surface area (Å²) in [5, 5.41) is 1.09. The van der Waals surface area contributed by atoms with E-state index in [0.29, 0.717) is 31.0 Å². The molecule has 0 saturated carbocycles. The van der Waals surface area contributed by atoms with Crippen molar-refractivity contribution in [2.75, 3.05) is 18.1 Å². The lowest BCUT2D eigenvalue weighted by molar-refractivity contribution is -0.137. The van der Waals surface area contributed by atoms with Gasteiger partial charge < -0.3 is 14.6 Å². The van der Waals surface area contributed by atoms with Gasteiger partial charge in [-0.3, -0.25) is 14.4 Å². The van der Waals surface area contributed by atoms with Crippen LogP contribution in [0.4, 0.5) is 5.69 Å². The number of H-pyrrole nitrogens is 1. The standard InChI is InChI=1S/C30H29N3O4/c1-2-37-24-14-12-23(13-15-24)33-29(35)19-27(30(33)36)32(28(34)18-21-8-4-3-5-9-21)17-16-22-20-31-26-11-7-6-10-25(22)26/h3-15,20,27,31H,2,16-19H2,1H3. The zero-order chi connectivity index (χ0) is 25.8. The molecule has 1 aliphatic heterocycles. The van der Waals surface area contributed by atoms with Crippen molar-refractivity contribution in [3.63, 3.8) is 0 Å². The maximum atomic E-state index is 13.6. The van der Waals surface area contributed by atoms with Crippen molar-refractivity contribution in [3.05, 3.63) is 96.2 Å². The Morgan fingerprint density at radius 1 is 1.00 bits per heavy atom. The van der Waals surface area contributed by atoms with Crippen LogP contribution in [0.1, 0.15) is 24.5 Å². The highest BCUT2D eigenvalue weighted by atomic mass is 16.5. The lowest BCUT2D eigenvalue weighted by atomic mass is 10.1. The predicted octanol–water partition coefficient (Wildman–Crippen LogP) is 4.51. The SMILES string of the molecule is CCOc1ccc(N2C(=O)CC(N(CCc3c[nH]c4ccccc34)C(=O)Cc3ccccc3)C2=O)cc1. The Labute approximate surface area is 215 Å². The van der Waals surface area contributed by atoms with Crippen molar-refractivity contribution >= 4 is 34.3 Å². The molecule has 2 heterocycles. The molecule has 1 aromatic heterocycles. The molecule has 1 atom stereocenters. The van der Waals surface area contributed by atoms with E-state index in [1.165, 1.54) is 4.90 Å². The maximum Gasteiger partial charge on any atom is 0.257 e. The van der Waals surface area contributed by atoms with Crippen LogP contribution in [0, 0.1) is 0 Å². The molecular formula is C30H29N3O4. The molecule has 4 aromatic rings. The van der Waals surface area contributed by atoms with Crippen molar-refractivity contribution < 1.29 is 19.1 Å². The summed E-state index contributed by atoms with van der Waals surface area (Å²) >= 11 is 0. The Balaban J connectivity index is 1.40. The third-order valence-corrected chi connectivity index (χ3v) is 6.72. The number of aromatic amines is 1. The Bertz CT molecular complexity index is 1410. The monoisotopic (exact) mass is 495 g/mol. The number of amides is 3. The molecule has 1 fully saturated rings. The molecule has 5 rings (SSSR count). The number of benzene rings is 3. The molecule has 7 heteroatoms. The van der Waals surface area contributed by atoms with Gasteiger partial charge in [-0.1, -0.05) is 48.5 Å². The van der Waals surface area contributed by atoms with Gasteiger partial charge in [0.05, 0.1) is 25.1 Å². The van der Waals surface area contributed by atoms with Gasteiger partial charge in [-0.25, -0.2) is 4.90 Å². The minimum absolute atomic E-state index is 0.0412. The fourth-order valence-electron chi connectivity index (χ4n) is 4.89. The summed E-state index contributed by atoms with van der Waals surface area (Å²) in [6, 6.07) is 23.5. The summed E-state index contributed by atoms with van der Waals surface area (Å²) in [5.74, 6) is -0.204. The summed E-state index contributed by atoms with van der Waals surface area (Å²) in [6.07, 6.45) is 2.63. The predicted molar refractivity (Wildman–Crippen MR) is 142 cm³/mol. The van der Waals surface area contributed by atoms with Crippen molar-refractivity contribution in [1.29, 1.82) is 0 Å². The number of hydrogen-bond donors (Lipinski definition) is 1. The molecule has 0 spiro atoms. The third kappa shape index (κ3) is 5.11. The molecule has 1 aliphatic rings. The molecule has 1 unspecified atom stereocenters. The first-order valence-electron chi connectivity index (χ1n) is 12.5. The molecule has 3 aromatic carbocycles. The average Bonchev–Trinajstić information content (AvgIpc) is 3.45. The molecule has 7 nitrogen and oxygen atoms in total. The van der Waals surface area contributed by atoms with E-state index < -0.39 is 6.04 Å². The molecular weight excluding hydrogens is 466 g/mol. The number of rotatable bonds is 9. The third-order valence-electron chi connectivity index (χ3n) is 6.72. The first-order chi connectivity index (χ1) is 18.0. The average molecular weight is 496 g/mol. The van der Waals surface area contributed by atoms with E-state index in [1.807, 2.05) is 67.7 Å². The first-order valence-corrected chi connectivity index (χ1v) is 12.5. The number of ether oxygens (including phenoxy) is 1. The summed E-state index contributed by atoms with van der Waals surface area (Å²) in [4.78, 5) is 46.2. The van der Waals surface area contributed by atoms with Gasteiger partial charge in [-0.05, 0) is 54.8 Å². The number of anilines is 1. The van der Waals surface area contributed by atoms with Gasteiger partial charge in [0.15, 0.2) is 0 Å². The van der Waals surface area contributed by atoms with E-state index in [1.54, 1.807) is 29.2 Å². The van der Waals surface area contributed by atoms with Gasteiger partial charge >= 0.3 is 0 Å². The van der Waals surface area contributed by atoms with E-state index in [2.05, 4.69) is 4.98 Å². The molecule has 188 valence electrons. The van der Waals surface area contributed by atoms with Crippen LogP contribution in [-0.4, -0.2) is 46.8 Å². The Morgan fingerprint density at radius 3 is 2.49 bits per heavy atom. The van der Waals surface area contributed by atoms with Crippen molar-refractivity contribution in [2.45, 2.75) is 32.2 Å². The molecule has 3 amide bonds. The van der Waals surface area contributed by atoms with Gasteiger partial charge in [0.2, 0.25) is 11.8 Å². The van der Waals surface area contributed by atoms with Crippen LogP contribution in [0.3, 0.4) is 0 Å². The number of nitrogens with zero attached hydrogens (tertiary/aromatic N) is 2. The Morgan fingerprint density at radius 2 is 1.73 bits per heavy atom. The lowest BCUT2D eigenvalue weighted by Gasteiger charge is -2.28. The van der Waals surface area contributed by atoms with Gasteiger partial charge in [-0.2, -0.15) is 0 Å². The zero-order valence-corrected chi connectivity index (χ0v) is 20.7. The summed E-state index contributed by atoms with van der Waals surface area (Å²) in [6.45, 7) is 2.75. The molecule has 0 radical (unpaired) electrons. The van der Waals surface area contributed by atoms with Gasteiger partial charge in [0, 0.05) is 23.6 Å². The van der Waals surface area contributed by atoms with Crippen LogP contribution in [0.2, 0.25) is 0 Å². The van der Waals surface area contributed by atoms with Crippen LogP contribution < -0.4 is 9.64 Å². The highest BCUT2D eigenvalue weighted by Gasteiger charge is 2.44. The highest BCUT2D eigenvalue weighted by molar-refractivity contribution is 6.23. The van der Waals surface area contributed by atoms with E-state index in [9.17, 15) is 14.4 Å². The Kier molecular flexibility index (Phi) is 7.03. The topological polar surface area (TPSA) is 82.7 Å². The van der Waals surface area contributed by atoms with Crippen LogP contribution in [0.15, 0.2) is 85.1 Å². The second kappa shape index (κ2) is 10.7. The second-order valence-electron chi connectivity index (χ2n) is 9.07. The van der Waals surface area contributed by atoms with Crippen molar-refractivity contribution in [2.24, 2.45) is 0 Å². The molecule has 0 aliphatic carbocycles. The van der Waals surface area contributed by atoms with Crippen LogP contribution in [0.25, 0.3) is 10.9 Å². The molecule has 1 N–H and O–H groups in total. The number of nitrogens with one attached hydrogen (secondary N) is 1. The number of hydrogen-bond acceptors (Lipinski definition) is 4. The van der Waals surface area contributed by atoms with Gasteiger partial charge in [-0.15, -0.1) is 0 Å². The van der Waals surface area contributed by atoms with E-state index >= 15 is 0 Å². The lowest BCUT2D eigenvalue weighted by Crippen LogP contribution is -2.47. The number of para-hydroxylation sites is 1. The largest absolute Gasteiger partial charge is 0.494 e. The number of imide groups is 1. The van der Waals surface area contributed by atoms with E-state index in [-0.39, 0.29) is 30.6 Å². The van der Waals surface area contributed by atoms with E-state index in [4.69, 9.17) is 4.74 Å². The summed E-state index contributed by atoms with van der Waals surface area (Å²) < 4.78 is 5.48. The minimum Gasteiger partial charge on any atom is -0.494 e. The van der Waals surface area contributed by atoms with Crippen LogP contribution in [0.5, 0.6) is 5.75 Å². The number of carbonyl (C=O) groups is 3. The van der Waals surface area contributed by atoms with Crippen molar-refractivity contribution in [3.8, 4) is 5.75 Å². The fourth-order valence-corrected chi connectivity index (χ4v) is 4.89. The van der Waals surface area contributed by atoms with Gasteiger partial charge in [0.25, 0.3) is 5.91 Å². The zero-order valence-electron chi connectivity index (χ0n) is 20.7. The molecule has 37 heavy (non-hydrogen) atoms. The summed E-state index contributed by atoms with van der Waals surface area (Å²) in [7, 11) is 0. The number of aromatic nitrogens is 1. The van der Waals surface area contributed by atoms with Crippen LogP contribution in [-0.2, 0) is 27.2 Å². The smallest absolute Gasteiger partial charge is 0.257 e. The minimum atomic E-state index is -0.847. The summed E-state index contributed by atoms with van der Waals surface area (Å²) in [5.41, 5.74) is 3.43. The number of carbonyl (C=O) groups excluding carboxylic acids is 3. The maximum absolute atomic E-state index is 13.6. The normalized spacial score (nSPS) is 15.4. The first kappa shape index (κ1) is 24.3. The quantitative estimate of drug-likeness (QED) is 0.346. The second-order valence-corrected chi connectivity index (χ2v) is 9.07. The van der Waals surface area contributed by atoms with E-state index in [0.717, 1.165) is 22.0 Å². The van der Waals surface area contributed by atoms with Crippen LogP contribution >= 0.6 is 0 Å². The molecule has 1 saturated heterocycles. The van der Waals surface area contributed by atoms with Gasteiger partial charge in [0.1, 0.15) is 11.8 Å². The fraction of sp³-hybridized carbons (Fsp3) is 0.233. The highest BCUT2D eigenvalue weighted by Crippen LogP contribution is 2.28. The van der Waals surface area contributed by atoms with Crippen molar-refractivity contribution in [1.82, 2.24) is 9.88 Å². The molecule has 0 bridgehead atoms. The number of fused-ring (bicyclic) bond motifs is 1. The Hall–Kier alpha value is -4.39.